The highest BCUT2D eigenvalue weighted by Gasteiger charge is 2.27. The molecular formula is C23H21O2S2+. The Morgan fingerprint density at radius 2 is 1.89 bits per heavy atom. The minimum Gasteiger partial charge on any atom is -0.451 e. The number of hydrogen-bond donors (Lipinski definition) is 0. The number of hydrogen-bond acceptors (Lipinski definition) is 3. The Morgan fingerprint density at radius 1 is 1.07 bits per heavy atom. The highest BCUT2D eigenvalue weighted by molar-refractivity contribution is 7.43. The van der Waals surface area contributed by atoms with E-state index in [4.69, 9.17) is 4.74 Å². The van der Waals surface area contributed by atoms with Crippen molar-refractivity contribution in [2.24, 2.45) is 0 Å². The Hall–Kier alpha value is -2.43. The molecule has 136 valence electrons. The molecule has 4 aromatic rings. The average Bonchev–Trinajstić information content (AvgIpc) is 3.31. The first kappa shape index (κ1) is 18.0. The van der Waals surface area contributed by atoms with Gasteiger partial charge in [0.05, 0.1) is 5.56 Å². The van der Waals surface area contributed by atoms with Gasteiger partial charge in [0.1, 0.15) is 11.0 Å². The molecule has 0 aliphatic rings. The quantitative estimate of drug-likeness (QED) is 0.274. The van der Waals surface area contributed by atoms with Crippen LogP contribution in [-0.4, -0.2) is 5.97 Å². The Labute approximate surface area is 166 Å². The summed E-state index contributed by atoms with van der Waals surface area (Å²) in [7, 11) is -0.143. The molecular weight excluding hydrogens is 372 g/mol. The molecule has 0 aliphatic heterocycles. The fraction of sp³-hybridized carbons (Fsp3) is 0.174. The van der Waals surface area contributed by atoms with Gasteiger partial charge in [0.15, 0.2) is 9.60 Å². The van der Waals surface area contributed by atoms with Crippen molar-refractivity contribution in [3.8, 4) is 4.90 Å². The van der Waals surface area contributed by atoms with Crippen molar-refractivity contribution in [1.29, 1.82) is 0 Å². The minimum atomic E-state index is -0.647. The van der Waals surface area contributed by atoms with Gasteiger partial charge in [-0.05, 0) is 61.9 Å². The van der Waals surface area contributed by atoms with E-state index >= 15 is 0 Å². The zero-order valence-electron chi connectivity index (χ0n) is 15.6. The SMILES string of the molecule is Cc1c[s+](-c2cccc(C(=O)OC(C)(C)c3ccsc3)c2)c2ccccc12. The summed E-state index contributed by atoms with van der Waals surface area (Å²) in [5.41, 5.74) is 2.26. The number of rotatable bonds is 4. The smallest absolute Gasteiger partial charge is 0.339 e. The van der Waals surface area contributed by atoms with E-state index in [1.54, 1.807) is 11.3 Å². The van der Waals surface area contributed by atoms with Crippen LogP contribution in [0.4, 0.5) is 0 Å². The number of carbonyl (C=O) groups is 1. The molecule has 0 saturated carbocycles. The van der Waals surface area contributed by atoms with E-state index in [0.29, 0.717) is 5.56 Å². The third kappa shape index (κ3) is 3.43. The van der Waals surface area contributed by atoms with Crippen LogP contribution < -0.4 is 0 Å². The summed E-state index contributed by atoms with van der Waals surface area (Å²) in [6.07, 6.45) is 0. The standard InChI is InChI=1S/C23H21O2S2/c1-16-15-27(21-10-5-4-9-20(16)21)19-8-6-7-17(13-19)22(24)25-23(2,3)18-11-12-26-14-18/h4-15H,1-3H3/q+1. The highest BCUT2D eigenvalue weighted by atomic mass is 32.2. The molecule has 0 radical (unpaired) electrons. The molecule has 0 aliphatic carbocycles. The van der Waals surface area contributed by atoms with Gasteiger partial charge in [0, 0.05) is 33.0 Å². The van der Waals surface area contributed by atoms with Crippen molar-refractivity contribution in [2.75, 3.05) is 0 Å². The van der Waals surface area contributed by atoms with Crippen molar-refractivity contribution in [1.82, 2.24) is 0 Å². The van der Waals surface area contributed by atoms with E-state index in [9.17, 15) is 4.79 Å². The second kappa shape index (κ2) is 6.95. The van der Waals surface area contributed by atoms with Crippen LogP contribution in [0.15, 0.2) is 70.7 Å². The maximum atomic E-state index is 12.8. The molecule has 0 amide bonds. The maximum Gasteiger partial charge on any atom is 0.339 e. The minimum absolute atomic E-state index is 0.143. The monoisotopic (exact) mass is 393 g/mol. The molecule has 0 fully saturated rings. The summed E-state index contributed by atoms with van der Waals surface area (Å²) >= 11 is 1.61. The first-order valence-corrected chi connectivity index (χ1v) is 11.1. The Morgan fingerprint density at radius 3 is 2.67 bits per heavy atom. The summed E-state index contributed by atoms with van der Waals surface area (Å²) < 4.78 is 7.15. The molecule has 2 aromatic carbocycles. The Bertz CT molecular complexity index is 1100. The molecule has 2 nitrogen and oxygen atoms in total. The van der Waals surface area contributed by atoms with Crippen LogP contribution in [0, 0.1) is 6.92 Å². The third-order valence-electron chi connectivity index (χ3n) is 4.73. The van der Waals surface area contributed by atoms with Crippen LogP contribution in [0.1, 0.15) is 35.3 Å². The Kier molecular flexibility index (Phi) is 4.62. The van der Waals surface area contributed by atoms with Gasteiger partial charge < -0.3 is 4.74 Å². The van der Waals surface area contributed by atoms with Gasteiger partial charge in [-0.15, -0.1) is 0 Å². The lowest BCUT2D eigenvalue weighted by molar-refractivity contribution is -0.00294. The summed E-state index contributed by atoms with van der Waals surface area (Å²) in [5.74, 6) is -0.287. The van der Waals surface area contributed by atoms with Gasteiger partial charge in [-0.3, -0.25) is 0 Å². The van der Waals surface area contributed by atoms with Crippen LogP contribution in [0.5, 0.6) is 0 Å². The molecule has 1 unspecified atom stereocenters. The van der Waals surface area contributed by atoms with E-state index in [1.807, 2.05) is 48.9 Å². The molecule has 1 atom stereocenters. The number of ether oxygens (including phenoxy) is 1. The molecule has 27 heavy (non-hydrogen) atoms. The summed E-state index contributed by atoms with van der Waals surface area (Å²) in [5, 5.41) is 7.62. The molecule has 0 saturated heterocycles. The van der Waals surface area contributed by atoms with Gasteiger partial charge in [-0.25, -0.2) is 4.79 Å². The van der Waals surface area contributed by atoms with Crippen LogP contribution in [0.2, 0.25) is 0 Å². The molecule has 4 rings (SSSR count). The fourth-order valence-electron chi connectivity index (χ4n) is 3.20. The summed E-state index contributed by atoms with van der Waals surface area (Å²) in [6, 6.07) is 18.3. The lowest BCUT2D eigenvalue weighted by Crippen LogP contribution is -2.25. The van der Waals surface area contributed by atoms with Crippen molar-refractivity contribution in [3.05, 3.63) is 87.4 Å². The van der Waals surface area contributed by atoms with Gasteiger partial charge in [0.2, 0.25) is 0 Å². The van der Waals surface area contributed by atoms with E-state index in [-0.39, 0.29) is 16.4 Å². The topological polar surface area (TPSA) is 26.3 Å². The van der Waals surface area contributed by atoms with Gasteiger partial charge in [-0.1, -0.05) is 18.2 Å². The fourth-order valence-corrected chi connectivity index (χ4v) is 6.18. The Balaban J connectivity index is 1.67. The van der Waals surface area contributed by atoms with E-state index in [1.165, 1.54) is 15.6 Å². The lowest BCUT2D eigenvalue weighted by atomic mass is 10.0. The molecule has 0 spiro atoms. The second-order valence-electron chi connectivity index (χ2n) is 7.07. The average molecular weight is 394 g/mol. The van der Waals surface area contributed by atoms with Crippen molar-refractivity contribution in [2.45, 2.75) is 26.4 Å². The molecule has 0 N–H and O–H groups in total. The van der Waals surface area contributed by atoms with Gasteiger partial charge in [0.25, 0.3) is 0 Å². The largest absolute Gasteiger partial charge is 0.451 e. The molecule has 2 aromatic heterocycles. The third-order valence-corrected chi connectivity index (χ3v) is 7.60. The summed E-state index contributed by atoms with van der Waals surface area (Å²) in [4.78, 5) is 13.9. The molecule has 4 heteroatoms. The lowest BCUT2D eigenvalue weighted by Gasteiger charge is -2.24. The summed E-state index contributed by atoms with van der Waals surface area (Å²) in [6.45, 7) is 6.00. The highest BCUT2D eigenvalue weighted by Crippen LogP contribution is 2.42. The van der Waals surface area contributed by atoms with Gasteiger partial charge >= 0.3 is 5.97 Å². The van der Waals surface area contributed by atoms with E-state index < -0.39 is 5.60 Å². The maximum absolute atomic E-state index is 12.8. The first-order valence-electron chi connectivity index (χ1n) is 8.83. The molecule has 2 heterocycles. The number of aryl methyl sites for hydroxylation is 1. The number of benzene rings is 2. The number of fused-ring (bicyclic) bond motifs is 1. The number of thiophene rings is 2. The van der Waals surface area contributed by atoms with Crippen molar-refractivity contribution >= 4 is 37.9 Å². The van der Waals surface area contributed by atoms with Crippen LogP contribution in [-0.2, 0) is 10.3 Å². The number of esters is 1. The normalized spacial score (nSPS) is 12.3. The number of carbonyl (C=O) groups excluding carboxylic acids is 1. The van der Waals surface area contributed by atoms with Gasteiger partial charge in [-0.2, -0.15) is 11.3 Å². The first-order chi connectivity index (χ1) is 13.0. The van der Waals surface area contributed by atoms with Crippen LogP contribution in [0.25, 0.3) is 15.0 Å². The van der Waals surface area contributed by atoms with E-state index in [0.717, 1.165) is 10.5 Å². The predicted molar refractivity (Wildman–Crippen MR) is 115 cm³/mol. The molecule has 0 bridgehead atoms. The van der Waals surface area contributed by atoms with Crippen LogP contribution in [0.3, 0.4) is 0 Å². The van der Waals surface area contributed by atoms with Crippen LogP contribution >= 0.6 is 21.8 Å². The zero-order valence-corrected chi connectivity index (χ0v) is 17.2. The zero-order chi connectivity index (χ0) is 19.0. The van der Waals surface area contributed by atoms with Crippen molar-refractivity contribution < 1.29 is 9.53 Å². The van der Waals surface area contributed by atoms with Crippen molar-refractivity contribution in [3.63, 3.8) is 0 Å². The second-order valence-corrected chi connectivity index (χ2v) is 9.68. The van der Waals surface area contributed by atoms with E-state index in [2.05, 4.69) is 42.6 Å². The predicted octanol–water partition coefficient (Wildman–Crippen LogP) is 7.04.